The summed E-state index contributed by atoms with van der Waals surface area (Å²) in [6.07, 6.45) is 1.35. The second-order valence-electron chi connectivity index (χ2n) is 4.92. The smallest absolute Gasteiger partial charge is 0.357 e. The molecule has 0 bridgehead atoms. The van der Waals surface area contributed by atoms with Gasteiger partial charge in [0, 0.05) is 18.7 Å². The first-order valence-electron chi connectivity index (χ1n) is 7.13. The van der Waals surface area contributed by atoms with Crippen molar-refractivity contribution in [3.05, 3.63) is 54.0 Å². The minimum absolute atomic E-state index is 0.225. The second-order valence-corrected chi connectivity index (χ2v) is 4.92. The summed E-state index contributed by atoms with van der Waals surface area (Å²) >= 11 is 0. The molecular weight excluding hydrogens is 280 g/mol. The van der Waals surface area contributed by atoms with E-state index in [2.05, 4.69) is 20.6 Å². The molecule has 0 aliphatic carbocycles. The van der Waals surface area contributed by atoms with Crippen LogP contribution >= 0.6 is 0 Å². The maximum Gasteiger partial charge on any atom is 0.357 e. The fourth-order valence-corrected chi connectivity index (χ4v) is 1.72. The average Bonchev–Trinajstić information content (AvgIpc) is 2.58. The first-order chi connectivity index (χ1) is 10.7. The van der Waals surface area contributed by atoms with Crippen LogP contribution in [-0.2, 0) is 11.3 Å². The lowest BCUT2D eigenvalue weighted by Gasteiger charge is -2.12. The lowest BCUT2D eigenvalue weighted by Crippen LogP contribution is -2.29. The largest absolute Gasteiger partial charge is 0.456 e. The van der Waals surface area contributed by atoms with Gasteiger partial charge in [-0.05, 0) is 19.5 Å². The number of rotatable bonds is 7. The Balaban J connectivity index is 1.92. The van der Waals surface area contributed by atoms with E-state index in [1.807, 2.05) is 44.3 Å². The highest BCUT2D eigenvalue weighted by molar-refractivity contribution is 5.87. The molecule has 0 aliphatic heterocycles. The molecule has 1 heterocycles. The predicted molar refractivity (Wildman–Crippen MR) is 84.6 cm³/mol. The van der Waals surface area contributed by atoms with E-state index in [4.69, 9.17) is 4.74 Å². The Kier molecular flexibility index (Phi) is 5.85. The van der Waals surface area contributed by atoms with Crippen molar-refractivity contribution in [2.45, 2.75) is 19.6 Å². The SMILES string of the molecule is CNC(C)CNc1cc(C(=O)OCc2ccccc2)ncn1. The van der Waals surface area contributed by atoms with E-state index in [9.17, 15) is 4.79 Å². The van der Waals surface area contributed by atoms with Gasteiger partial charge in [0.15, 0.2) is 5.69 Å². The van der Waals surface area contributed by atoms with Gasteiger partial charge in [-0.15, -0.1) is 0 Å². The quantitative estimate of drug-likeness (QED) is 0.760. The van der Waals surface area contributed by atoms with Gasteiger partial charge in [-0.25, -0.2) is 14.8 Å². The summed E-state index contributed by atoms with van der Waals surface area (Å²) < 4.78 is 5.25. The third kappa shape index (κ3) is 4.82. The molecular formula is C16H20N4O2. The highest BCUT2D eigenvalue weighted by Gasteiger charge is 2.11. The third-order valence-corrected chi connectivity index (χ3v) is 3.17. The van der Waals surface area contributed by atoms with Gasteiger partial charge in [-0.3, -0.25) is 0 Å². The first kappa shape index (κ1) is 15.9. The van der Waals surface area contributed by atoms with Gasteiger partial charge in [0.25, 0.3) is 0 Å². The summed E-state index contributed by atoms with van der Waals surface area (Å²) in [4.78, 5) is 20.1. The number of carbonyl (C=O) groups excluding carboxylic acids is 1. The molecule has 1 unspecified atom stereocenters. The van der Waals surface area contributed by atoms with Crippen molar-refractivity contribution in [1.29, 1.82) is 0 Å². The second kappa shape index (κ2) is 8.09. The Bertz CT molecular complexity index is 604. The number of anilines is 1. The molecule has 0 spiro atoms. The van der Waals surface area contributed by atoms with Crippen molar-refractivity contribution in [1.82, 2.24) is 15.3 Å². The van der Waals surface area contributed by atoms with Gasteiger partial charge in [0.05, 0.1) is 0 Å². The van der Waals surface area contributed by atoms with E-state index in [1.54, 1.807) is 6.07 Å². The van der Waals surface area contributed by atoms with Crippen LogP contribution in [0.25, 0.3) is 0 Å². The molecule has 116 valence electrons. The summed E-state index contributed by atoms with van der Waals surface area (Å²) in [5, 5.41) is 6.26. The van der Waals surface area contributed by atoms with E-state index in [0.29, 0.717) is 18.4 Å². The number of nitrogens with zero attached hydrogens (tertiary/aromatic N) is 2. The number of likely N-dealkylation sites (N-methyl/N-ethyl adjacent to an activating group) is 1. The molecule has 0 fully saturated rings. The first-order valence-corrected chi connectivity index (χ1v) is 7.13. The molecule has 2 N–H and O–H groups in total. The molecule has 22 heavy (non-hydrogen) atoms. The fourth-order valence-electron chi connectivity index (χ4n) is 1.72. The molecule has 0 saturated heterocycles. The molecule has 0 saturated carbocycles. The molecule has 0 amide bonds. The highest BCUT2D eigenvalue weighted by atomic mass is 16.5. The van der Waals surface area contributed by atoms with E-state index in [0.717, 1.165) is 5.56 Å². The molecule has 2 aromatic rings. The number of aromatic nitrogens is 2. The molecule has 1 aromatic carbocycles. The number of hydrogen-bond acceptors (Lipinski definition) is 6. The van der Waals surface area contributed by atoms with Gasteiger partial charge < -0.3 is 15.4 Å². The molecule has 6 nitrogen and oxygen atoms in total. The molecule has 0 aliphatic rings. The Morgan fingerprint density at radius 1 is 1.27 bits per heavy atom. The topological polar surface area (TPSA) is 76.1 Å². The Morgan fingerprint density at radius 3 is 2.77 bits per heavy atom. The van der Waals surface area contributed by atoms with Crippen LogP contribution in [0.1, 0.15) is 23.0 Å². The number of nitrogens with one attached hydrogen (secondary N) is 2. The summed E-state index contributed by atoms with van der Waals surface area (Å²) in [5.41, 5.74) is 1.18. The van der Waals surface area contributed by atoms with Gasteiger partial charge >= 0.3 is 5.97 Å². The fraction of sp³-hybridized carbons (Fsp3) is 0.312. The van der Waals surface area contributed by atoms with Crippen LogP contribution in [0, 0.1) is 0 Å². The van der Waals surface area contributed by atoms with E-state index in [-0.39, 0.29) is 12.3 Å². The van der Waals surface area contributed by atoms with Crippen LogP contribution in [-0.4, -0.2) is 35.6 Å². The standard InChI is InChI=1S/C16H20N4O2/c1-12(17-2)9-18-15-8-14(19-11-20-15)16(21)22-10-13-6-4-3-5-7-13/h3-8,11-12,17H,9-10H2,1-2H3,(H,18,19,20). The molecule has 1 aromatic heterocycles. The number of ether oxygens (including phenoxy) is 1. The van der Waals surface area contributed by atoms with Crippen LogP contribution in [0.5, 0.6) is 0 Å². The Labute approximate surface area is 129 Å². The summed E-state index contributed by atoms with van der Waals surface area (Å²) in [7, 11) is 1.89. The minimum atomic E-state index is -0.462. The van der Waals surface area contributed by atoms with Crippen molar-refractivity contribution in [2.75, 3.05) is 18.9 Å². The molecule has 2 rings (SSSR count). The molecule has 0 radical (unpaired) electrons. The van der Waals surface area contributed by atoms with E-state index in [1.165, 1.54) is 6.33 Å². The van der Waals surface area contributed by atoms with Crippen molar-refractivity contribution in [2.24, 2.45) is 0 Å². The van der Waals surface area contributed by atoms with Crippen molar-refractivity contribution in [3.8, 4) is 0 Å². The van der Waals surface area contributed by atoms with Crippen LogP contribution in [0.15, 0.2) is 42.7 Å². The minimum Gasteiger partial charge on any atom is -0.456 e. The number of esters is 1. The van der Waals surface area contributed by atoms with Gasteiger partial charge in [0.1, 0.15) is 18.8 Å². The highest BCUT2D eigenvalue weighted by Crippen LogP contribution is 2.08. The zero-order chi connectivity index (χ0) is 15.8. The summed E-state index contributed by atoms with van der Waals surface area (Å²) in [6.45, 7) is 2.97. The zero-order valence-corrected chi connectivity index (χ0v) is 12.7. The van der Waals surface area contributed by atoms with Crippen LogP contribution < -0.4 is 10.6 Å². The maximum atomic E-state index is 12.0. The van der Waals surface area contributed by atoms with Gasteiger partial charge in [0.2, 0.25) is 0 Å². The third-order valence-electron chi connectivity index (χ3n) is 3.17. The average molecular weight is 300 g/mol. The van der Waals surface area contributed by atoms with Gasteiger partial charge in [-0.2, -0.15) is 0 Å². The van der Waals surface area contributed by atoms with Crippen molar-refractivity contribution >= 4 is 11.8 Å². The molecule has 1 atom stereocenters. The lowest BCUT2D eigenvalue weighted by molar-refractivity contribution is 0.0465. The Morgan fingerprint density at radius 2 is 2.05 bits per heavy atom. The molecule has 6 heteroatoms. The van der Waals surface area contributed by atoms with Crippen LogP contribution in [0.2, 0.25) is 0 Å². The van der Waals surface area contributed by atoms with E-state index >= 15 is 0 Å². The van der Waals surface area contributed by atoms with Crippen LogP contribution in [0.3, 0.4) is 0 Å². The maximum absolute atomic E-state index is 12.0. The lowest BCUT2D eigenvalue weighted by atomic mass is 10.2. The summed E-state index contributed by atoms with van der Waals surface area (Å²) in [5.74, 6) is 0.139. The summed E-state index contributed by atoms with van der Waals surface area (Å²) in [6, 6.07) is 11.4. The number of carbonyl (C=O) groups is 1. The predicted octanol–water partition coefficient (Wildman–Crippen LogP) is 1.85. The van der Waals surface area contributed by atoms with Crippen molar-refractivity contribution < 1.29 is 9.53 Å². The monoisotopic (exact) mass is 300 g/mol. The number of benzene rings is 1. The normalized spacial score (nSPS) is 11.7. The number of hydrogen-bond donors (Lipinski definition) is 2. The Hall–Kier alpha value is -2.47. The zero-order valence-electron chi connectivity index (χ0n) is 12.7. The van der Waals surface area contributed by atoms with Gasteiger partial charge in [-0.1, -0.05) is 30.3 Å². The van der Waals surface area contributed by atoms with Crippen molar-refractivity contribution in [3.63, 3.8) is 0 Å². The van der Waals surface area contributed by atoms with E-state index < -0.39 is 5.97 Å². The van der Waals surface area contributed by atoms with Crippen LogP contribution in [0.4, 0.5) is 5.82 Å².